The van der Waals surface area contributed by atoms with E-state index in [0.29, 0.717) is 12.2 Å². The Balaban J connectivity index is 1.70. The van der Waals surface area contributed by atoms with Gasteiger partial charge in [-0.2, -0.15) is 0 Å². The number of carbonyl (C=O) groups excluding carboxylic acids is 2. The van der Waals surface area contributed by atoms with Gasteiger partial charge in [-0.15, -0.1) is 0 Å². The number of nitro benzene ring substituents is 1. The van der Waals surface area contributed by atoms with Crippen LogP contribution in [0.4, 0.5) is 5.69 Å². The predicted molar refractivity (Wildman–Crippen MR) is 120 cm³/mol. The maximum atomic E-state index is 13.2. The molecule has 0 radical (unpaired) electrons. The number of aryl methyl sites for hydroxylation is 1. The monoisotopic (exact) mass is 434 g/mol. The van der Waals surface area contributed by atoms with Crippen molar-refractivity contribution in [2.24, 2.45) is 0 Å². The molecule has 0 N–H and O–H groups in total. The summed E-state index contributed by atoms with van der Waals surface area (Å²) in [6.07, 6.45) is 8.43. The molecule has 0 unspecified atom stereocenters. The fourth-order valence-electron chi connectivity index (χ4n) is 4.53. The highest BCUT2D eigenvalue weighted by atomic mass is 16.6. The van der Waals surface area contributed by atoms with E-state index < -0.39 is 10.7 Å². The molecule has 3 aromatic rings. The van der Waals surface area contributed by atoms with Crippen LogP contribution in [-0.2, 0) is 0 Å². The number of carbonyl (C=O) groups is 2. The molecule has 0 spiro atoms. The molecule has 32 heavy (non-hydrogen) atoms. The molecule has 0 bridgehead atoms. The molecule has 1 aromatic carbocycles. The van der Waals surface area contributed by atoms with Crippen LogP contribution >= 0.6 is 0 Å². The summed E-state index contributed by atoms with van der Waals surface area (Å²) in [4.78, 5) is 43.6. The quantitative estimate of drug-likeness (QED) is 0.321. The first-order chi connectivity index (χ1) is 15.4. The Morgan fingerprint density at radius 1 is 1.19 bits per heavy atom. The van der Waals surface area contributed by atoms with Crippen LogP contribution < -0.4 is 0 Å². The first-order valence-electron chi connectivity index (χ1n) is 11.0. The summed E-state index contributed by atoms with van der Waals surface area (Å²) in [6.45, 7) is 4.35. The van der Waals surface area contributed by atoms with Gasteiger partial charge in [0.25, 0.3) is 11.6 Å². The minimum absolute atomic E-state index is 0.0597. The summed E-state index contributed by atoms with van der Waals surface area (Å²) in [5.74, 6) is -0.736. The molecule has 4 rings (SSSR count). The van der Waals surface area contributed by atoms with Gasteiger partial charge in [-0.25, -0.2) is 4.98 Å². The standard InChI is InChI=1S/C24H26N4O4/c1-3-26(18-7-5-4-6-8-18)24(30)17-10-11-19(20(13-17)28(31)32)23(29)21-14-25-22-12-9-16(2)15-27(21)22/h9-15,18H,3-8H2,1-2H3. The third kappa shape index (κ3) is 4.00. The van der Waals surface area contributed by atoms with E-state index in [9.17, 15) is 19.7 Å². The third-order valence-electron chi connectivity index (χ3n) is 6.19. The molecule has 1 aliphatic carbocycles. The summed E-state index contributed by atoms with van der Waals surface area (Å²) >= 11 is 0. The van der Waals surface area contributed by atoms with Crippen molar-refractivity contribution in [2.45, 2.75) is 52.0 Å². The molecular formula is C24H26N4O4. The number of hydrogen-bond donors (Lipinski definition) is 0. The molecule has 1 saturated carbocycles. The van der Waals surface area contributed by atoms with Gasteiger partial charge in [-0.3, -0.25) is 24.1 Å². The van der Waals surface area contributed by atoms with E-state index in [1.54, 1.807) is 21.6 Å². The molecule has 1 amide bonds. The average Bonchev–Trinajstić information content (AvgIpc) is 3.22. The summed E-state index contributed by atoms with van der Waals surface area (Å²) in [5.41, 5.74) is 1.55. The van der Waals surface area contributed by atoms with Gasteiger partial charge in [-0.05, 0) is 50.5 Å². The zero-order chi connectivity index (χ0) is 22.8. The van der Waals surface area contributed by atoms with Crippen LogP contribution in [0.2, 0.25) is 0 Å². The van der Waals surface area contributed by atoms with Crippen LogP contribution in [0, 0.1) is 17.0 Å². The number of amides is 1. The Kier molecular flexibility index (Phi) is 6.03. The van der Waals surface area contributed by atoms with Crippen molar-refractivity contribution in [3.8, 4) is 0 Å². The zero-order valence-corrected chi connectivity index (χ0v) is 18.3. The predicted octanol–water partition coefficient (Wildman–Crippen LogP) is 4.58. The number of rotatable bonds is 6. The van der Waals surface area contributed by atoms with Gasteiger partial charge in [0.1, 0.15) is 16.9 Å². The van der Waals surface area contributed by atoms with Gasteiger partial charge in [0, 0.05) is 30.4 Å². The fraction of sp³-hybridized carbons (Fsp3) is 0.375. The van der Waals surface area contributed by atoms with Gasteiger partial charge in [-0.1, -0.05) is 25.3 Å². The smallest absolute Gasteiger partial charge is 0.281 e. The molecule has 1 fully saturated rings. The van der Waals surface area contributed by atoms with Crippen molar-refractivity contribution in [1.82, 2.24) is 14.3 Å². The lowest BCUT2D eigenvalue weighted by Crippen LogP contribution is -2.41. The van der Waals surface area contributed by atoms with E-state index in [4.69, 9.17) is 0 Å². The van der Waals surface area contributed by atoms with Crippen molar-refractivity contribution in [3.63, 3.8) is 0 Å². The average molecular weight is 434 g/mol. The summed E-state index contributed by atoms with van der Waals surface area (Å²) in [5, 5.41) is 11.8. The number of imidazole rings is 1. The number of benzene rings is 1. The molecule has 2 aromatic heterocycles. The zero-order valence-electron chi connectivity index (χ0n) is 18.3. The first kappa shape index (κ1) is 21.7. The van der Waals surface area contributed by atoms with E-state index in [-0.39, 0.29) is 34.5 Å². The molecule has 8 heteroatoms. The molecule has 1 aliphatic rings. The molecule has 0 atom stereocenters. The molecular weight excluding hydrogens is 408 g/mol. The van der Waals surface area contributed by atoms with Crippen molar-refractivity contribution in [2.75, 3.05) is 6.54 Å². The van der Waals surface area contributed by atoms with Gasteiger partial charge in [0.15, 0.2) is 0 Å². The Labute approximate surface area is 186 Å². The van der Waals surface area contributed by atoms with Crippen molar-refractivity contribution < 1.29 is 14.5 Å². The molecule has 0 saturated heterocycles. The Hall–Kier alpha value is -3.55. The normalized spacial score (nSPS) is 14.4. The highest BCUT2D eigenvalue weighted by Crippen LogP contribution is 2.27. The number of nitro groups is 1. The van der Waals surface area contributed by atoms with E-state index in [1.807, 2.05) is 19.9 Å². The minimum Gasteiger partial charge on any atom is -0.336 e. The SMILES string of the molecule is CCN(C(=O)c1ccc(C(=O)c2cnc3ccc(C)cn23)c([N+](=O)[O-])c1)C1CCCCC1. The van der Waals surface area contributed by atoms with E-state index in [0.717, 1.165) is 31.2 Å². The molecule has 0 aliphatic heterocycles. The lowest BCUT2D eigenvalue weighted by Gasteiger charge is -2.33. The highest BCUT2D eigenvalue weighted by Gasteiger charge is 2.29. The Morgan fingerprint density at radius 2 is 1.94 bits per heavy atom. The van der Waals surface area contributed by atoms with Crippen LogP contribution in [0.1, 0.15) is 71.0 Å². The second kappa shape index (κ2) is 8.90. The number of ketones is 1. The minimum atomic E-state index is -0.602. The summed E-state index contributed by atoms with van der Waals surface area (Å²) < 4.78 is 1.63. The summed E-state index contributed by atoms with van der Waals surface area (Å²) in [7, 11) is 0. The fourth-order valence-corrected chi connectivity index (χ4v) is 4.53. The number of hydrogen-bond acceptors (Lipinski definition) is 5. The third-order valence-corrected chi connectivity index (χ3v) is 6.19. The van der Waals surface area contributed by atoms with Crippen molar-refractivity contribution in [1.29, 1.82) is 0 Å². The second-order valence-electron chi connectivity index (χ2n) is 8.28. The number of nitrogens with zero attached hydrogens (tertiary/aromatic N) is 4. The Bertz CT molecular complexity index is 1190. The van der Waals surface area contributed by atoms with Crippen LogP contribution in [0.5, 0.6) is 0 Å². The van der Waals surface area contributed by atoms with Crippen LogP contribution in [0.3, 0.4) is 0 Å². The van der Waals surface area contributed by atoms with Crippen LogP contribution in [0.25, 0.3) is 5.65 Å². The largest absolute Gasteiger partial charge is 0.336 e. The van der Waals surface area contributed by atoms with Gasteiger partial charge in [0.05, 0.1) is 11.1 Å². The first-order valence-corrected chi connectivity index (χ1v) is 11.0. The second-order valence-corrected chi connectivity index (χ2v) is 8.28. The molecule has 8 nitrogen and oxygen atoms in total. The summed E-state index contributed by atoms with van der Waals surface area (Å²) in [6, 6.07) is 7.95. The highest BCUT2D eigenvalue weighted by molar-refractivity contribution is 6.11. The lowest BCUT2D eigenvalue weighted by atomic mass is 9.93. The number of pyridine rings is 1. The topological polar surface area (TPSA) is 97.8 Å². The maximum absolute atomic E-state index is 13.2. The van der Waals surface area contributed by atoms with Crippen molar-refractivity contribution in [3.05, 3.63) is 75.2 Å². The molecule has 2 heterocycles. The lowest BCUT2D eigenvalue weighted by molar-refractivity contribution is -0.385. The van der Waals surface area contributed by atoms with Crippen molar-refractivity contribution >= 4 is 23.0 Å². The Morgan fingerprint density at radius 3 is 2.62 bits per heavy atom. The maximum Gasteiger partial charge on any atom is 0.281 e. The van der Waals surface area contributed by atoms with Gasteiger partial charge in [0.2, 0.25) is 5.78 Å². The van der Waals surface area contributed by atoms with Gasteiger partial charge >= 0.3 is 0 Å². The van der Waals surface area contributed by atoms with Crippen LogP contribution in [0.15, 0.2) is 42.7 Å². The van der Waals surface area contributed by atoms with E-state index in [1.165, 1.54) is 30.8 Å². The van der Waals surface area contributed by atoms with E-state index in [2.05, 4.69) is 4.98 Å². The number of aromatic nitrogens is 2. The molecule has 166 valence electrons. The number of fused-ring (bicyclic) bond motifs is 1. The van der Waals surface area contributed by atoms with Crippen LogP contribution in [-0.4, -0.2) is 43.5 Å². The van der Waals surface area contributed by atoms with Gasteiger partial charge < -0.3 is 4.90 Å². The van der Waals surface area contributed by atoms with E-state index >= 15 is 0 Å².